The van der Waals surface area contributed by atoms with Crippen molar-refractivity contribution >= 4 is 45.9 Å². The number of pyridine rings is 1. The van der Waals surface area contributed by atoms with E-state index in [4.69, 9.17) is 4.98 Å². The predicted molar refractivity (Wildman–Crippen MR) is 133 cm³/mol. The molecule has 3 aromatic carbocycles. The van der Waals surface area contributed by atoms with Crippen LogP contribution < -0.4 is 5.32 Å². The van der Waals surface area contributed by atoms with Gasteiger partial charge in [-0.1, -0.05) is 72.4 Å². The number of benzene rings is 3. The Hall–Kier alpha value is -2.82. The van der Waals surface area contributed by atoms with Crippen molar-refractivity contribution in [2.45, 2.75) is 6.42 Å². The summed E-state index contributed by atoms with van der Waals surface area (Å²) in [4.78, 5) is 9.47. The van der Waals surface area contributed by atoms with Crippen LogP contribution in [-0.4, -0.2) is 22.4 Å². The van der Waals surface area contributed by atoms with E-state index < -0.39 is 0 Å². The van der Waals surface area contributed by atoms with Gasteiger partial charge in [0.05, 0.1) is 11.2 Å². The van der Waals surface area contributed by atoms with Crippen LogP contribution in [0.3, 0.4) is 0 Å². The van der Waals surface area contributed by atoms with Crippen LogP contribution in [0.5, 0.6) is 0 Å². The quantitative estimate of drug-likeness (QED) is 0.383. The van der Waals surface area contributed by atoms with Gasteiger partial charge in [0.1, 0.15) is 0 Å². The number of nitrogens with one attached hydrogen (secondary N) is 1. The van der Waals surface area contributed by atoms with Gasteiger partial charge in [0.15, 0.2) is 5.17 Å². The van der Waals surface area contributed by atoms with Gasteiger partial charge in [-0.15, -0.1) is 12.4 Å². The first-order chi connectivity index (χ1) is 14.4. The lowest BCUT2D eigenvalue weighted by molar-refractivity contribution is 0.938. The Morgan fingerprint density at radius 3 is 2.33 bits per heavy atom. The van der Waals surface area contributed by atoms with Crippen molar-refractivity contribution in [1.29, 1.82) is 0 Å². The Kier molecular flexibility index (Phi) is 6.36. The fourth-order valence-electron chi connectivity index (χ4n) is 3.56. The van der Waals surface area contributed by atoms with Gasteiger partial charge in [0.25, 0.3) is 0 Å². The topological polar surface area (TPSA) is 37.3 Å². The highest BCUT2D eigenvalue weighted by atomic mass is 35.5. The standard InChI is InChI=1S/C25H21N3S.ClH/c1-2-7-18(8-3-1)22-17-24(28-23-10-5-4-9-21(22)23)19-11-13-20(14-12-19)27-25-26-15-6-16-29-25;/h1-5,7-14,17H,6,15-16H2,(H,26,27);1H. The number of aliphatic imine (C=N–C) groups is 1. The first kappa shape index (κ1) is 20.5. The van der Waals surface area contributed by atoms with Gasteiger partial charge in [-0.3, -0.25) is 4.99 Å². The molecule has 0 bridgehead atoms. The molecule has 2 heterocycles. The van der Waals surface area contributed by atoms with Crippen molar-refractivity contribution in [3.63, 3.8) is 0 Å². The molecule has 150 valence electrons. The van der Waals surface area contributed by atoms with Gasteiger partial charge >= 0.3 is 0 Å². The number of halogens is 1. The number of hydrogen-bond donors (Lipinski definition) is 1. The second kappa shape index (κ2) is 9.33. The molecule has 5 rings (SSSR count). The first-order valence-corrected chi connectivity index (χ1v) is 10.9. The molecule has 0 fully saturated rings. The molecule has 4 aromatic rings. The van der Waals surface area contributed by atoms with Crippen molar-refractivity contribution in [1.82, 2.24) is 4.98 Å². The van der Waals surface area contributed by atoms with Gasteiger partial charge in [0, 0.05) is 28.9 Å². The highest BCUT2D eigenvalue weighted by Crippen LogP contribution is 2.32. The van der Waals surface area contributed by atoms with Crippen molar-refractivity contribution in [3.05, 3.63) is 84.9 Å². The lowest BCUT2D eigenvalue weighted by Crippen LogP contribution is -2.13. The number of amidine groups is 1. The maximum atomic E-state index is 4.93. The van der Waals surface area contributed by atoms with Crippen LogP contribution in [0.2, 0.25) is 0 Å². The number of rotatable bonds is 3. The maximum absolute atomic E-state index is 4.93. The molecule has 0 saturated carbocycles. The van der Waals surface area contributed by atoms with E-state index in [0.29, 0.717) is 0 Å². The largest absolute Gasteiger partial charge is 0.335 e. The summed E-state index contributed by atoms with van der Waals surface area (Å²) >= 11 is 1.79. The van der Waals surface area contributed by atoms with Gasteiger partial charge in [-0.2, -0.15) is 0 Å². The molecule has 0 aliphatic carbocycles. The minimum absolute atomic E-state index is 0. The third-order valence-corrected chi connectivity index (χ3v) is 6.03. The predicted octanol–water partition coefficient (Wildman–Crippen LogP) is 6.90. The molecule has 0 saturated heterocycles. The number of nitrogens with zero attached hydrogens (tertiary/aromatic N) is 2. The smallest absolute Gasteiger partial charge is 0.161 e. The minimum atomic E-state index is 0. The third kappa shape index (κ3) is 4.35. The number of hydrogen-bond acceptors (Lipinski definition) is 4. The molecular weight excluding hydrogens is 410 g/mol. The summed E-state index contributed by atoms with van der Waals surface area (Å²) in [5.74, 6) is 1.13. The minimum Gasteiger partial charge on any atom is -0.335 e. The van der Waals surface area contributed by atoms with Gasteiger partial charge in [-0.25, -0.2) is 4.98 Å². The van der Waals surface area contributed by atoms with Crippen LogP contribution in [-0.2, 0) is 0 Å². The highest BCUT2D eigenvalue weighted by Gasteiger charge is 2.10. The zero-order valence-electron chi connectivity index (χ0n) is 16.4. The third-order valence-electron chi connectivity index (χ3n) is 5.03. The van der Waals surface area contributed by atoms with Gasteiger partial charge in [-0.05, 0) is 41.8 Å². The number of fused-ring (bicyclic) bond motifs is 1. The molecule has 5 heteroatoms. The monoisotopic (exact) mass is 431 g/mol. The van der Waals surface area contributed by atoms with E-state index in [1.807, 2.05) is 6.07 Å². The van der Waals surface area contributed by atoms with Gasteiger partial charge < -0.3 is 5.32 Å². The Morgan fingerprint density at radius 1 is 0.800 bits per heavy atom. The summed E-state index contributed by atoms with van der Waals surface area (Å²) in [7, 11) is 0. The van der Waals surface area contributed by atoms with E-state index in [-0.39, 0.29) is 12.4 Å². The zero-order valence-corrected chi connectivity index (χ0v) is 18.0. The molecule has 1 aliphatic rings. The zero-order chi connectivity index (χ0) is 19.5. The average molecular weight is 432 g/mol. The van der Waals surface area contributed by atoms with E-state index in [1.54, 1.807) is 11.8 Å². The Balaban J connectivity index is 0.00000218. The summed E-state index contributed by atoms with van der Waals surface area (Å²) in [6, 6.07) is 29.5. The van der Waals surface area contributed by atoms with E-state index in [2.05, 4.69) is 89.2 Å². The maximum Gasteiger partial charge on any atom is 0.161 e. The molecule has 30 heavy (non-hydrogen) atoms. The second-order valence-corrected chi connectivity index (χ2v) is 8.11. The Labute approximate surface area is 187 Å². The molecule has 1 N–H and O–H groups in total. The van der Waals surface area contributed by atoms with E-state index in [0.717, 1.165) is 46.3 Å². The van der Waals surface area contributed by atoms with Crippen LogP contribution in [0.1, 0.15) is 6.42 Å². The molecule has 0 amide bonds. The summed E-state index contributed by atoms with van der Waals surface area (Å²) < 4.78 is 0. The van der Waals surface area contributed by atoms with Gasteiger partial charge in [0.2, 0.25) is 0 Å². The highest BCUT2D eigenvalue weighted by molar-refractivity contribution is 8.14. The van der Waals surface area contributed by atoms with E-state index >= 15 is 0 Å². The molecule has 1 aromatic heterocycles. The SMILES string of the molecule is Cl.c1ccc(-c2cc(-c3ccc(NC4=NCCCS4)cc3)nc3ccccc23)cc1. The van der Waals surface area contributed by atoms with Crippen molar-refractivity contribution in [2.75, 3.05) is 17.6 Å². The van der Waals surface area contributed by atoms with Crippen molar-refractivity contribution < 1.29 is 0 Å². The van der Waals surface area contributed by atoms with Crippen molar-refractivity contribution in [3.8, 4) is 22.4 Å². The fraction of sp³-hybridized carbons (Fsp3) is 0.120. The lowest BCUT2D eigenvalue weighted by Gasteiger charge is -2.14. The van der Waals surface area contributed by atoms with Crippen LogP contribution in [0, 0.1) is 0 Å². The van der Waals surface area contributed by atoms with Crippen molar-refractivity contribution in [2.24, 2.45) is 4.99 Å². The van der Waals surface area contributed by atoms with E-state index in [9.17, 15) is 0 Å². The molecular formula is C25H22ClN3S. The summed E-state index contributed by atoms with van der Waals surface area (Å²) in [6.45, 7) is 0.913. The number of anilines is 1. The second-order valence-electron chi connectivity index (χ2n) is 7.03. The molecule has 3 nitrogen and oxygen atoms in total. The summed E-state index contributed by atoms with van der Waals surface area (Å²) in [5, 5.41) is 5.61. The summed E-state index contributed by atoms with van der Waals surface area (Å²) in [6.07, 6.45) is 1.16. The normalized spacial score (nSPS) is 13.4. The molecule has 0 spiro atoms. The van der Waals surface area contributed by atoms with Crippen LogP contribution in [0.25, 0.3) is 33.3 Å². The molecule has 1 aliphatic heterocycles. The number of aromatic nitrogens is 1. The lowest BCUT2D eigenvalue weighted by atomic mass is 9.98. The average Bonchev–Trinajstić information content (AvgIpc) is 2.80. The molecule has 0 unspecified atom stereocenters. The Bertz CT molecular complexity index is 1170. The summed E-state index contributed by atoms with van der Waals surface area (Å²) in [5.41, 5.74) is 6.58. The fourth-order valence-corrected chi connectivity index (χ4v) is 4.40. The number of thioether (sulfide) groups is 1. The molecule has 0 atom stereocenters. The molecule has 0 radical (unpaired) electrons. The van der Waals surface area contributed by atoms with Crippen LogP contribution >= 0.6 is 24.2 Å². The van der Waals surface area contributed by atoms with Crippen LogP contribution in [0.4, 0.5) is 5.69 Å². The van der Waals surface area contributed by atoms with Crippen LogP contribution in [0.15, 0.2) is 89.9 Å². The van der Waals surface area contributed by atoms with E-state index in [1.165, 1.54) is 16.5 Å². The first-order valence-electron chi connectivity index (χ1n) is 9.87. The number of para-hydroxylation sites is 1. The Morgan fingerprint density at radius 2 is 1.57 bits per heavy atom.